The minimum atomic E-state index is -1.21. The number of primary amides is 1. The average Bonchev–Trinajstić information content (AvgIpc) is 2.84. The van der Waals surface area contributed by atoms with Crippen LogP contribution in [0.3, 0.4) is 0 Å². The van der Waals surface area contributed by atoms with Crippen molar-refractivity contribution in [3.05, 3.63) is 35.9 Å². The number of benzene rings is 1. The van der Waals surface area contributed by atoms with E-state index in [1.165, 1.54) is 0 Å². The second-order valence-electron chi connectivity index (χ2n) is 9.28. The number of carboxylic acid groups (broad SMARTS) is 1. The number of hydrogen-bond acceptors (Lipinski definition) is 7. The topological polar surface area (TPSA) is 220 Å². The molecule has 12 nitrogen and oxygen atoms in total. The molecule has 1 rings (SSSR count). The fourth-order valence-corrected chi connectivity index (χ4v) is 3.57. The third-order valence-corrected chi connectivity index (χ3v) is 5.76. The molecule has 0 fully saturated rings. The van der Waals surface area contributed by atoms with Gasteiger partial charge in [-0.3, -0.25) is 19.2 Å². The van der Waals surface area contributed by atoms with Gasteiger partial charge in [-0.1, -0.05) is 50.6 Å². The van der Waals surface area contributed by atoms with E-state index in [0.717, 1.165) is 5.56 Å². The van der Waals surface area contributed by atoms with Crippen LogP contribution in [0.5, 0.6) is 0 Å². The number of unbranched alkanes of at least 4 members (excludes halogenated alkanes) is 1. The molecular weight excluding hydrogens is 480 g/mol. The van der Waals surface area contributed by atoms with E-state index in [1.807, 2.05) is 0 Å². The van der Waals surface area contributed by atoms with Gasteiger partial charge >= 0.3 is 5.97 Å². The molecule has 4 amide bonds. The number of amides is 4. The average molecular weight is 521 g/mol. The van der Waals surface area contributed by atoms with E-state index >= 15 is 0 Å². The summed E-state index contributed by atoms with van der Waals surface area (Å²) >= 11 is 0. The normalized spacial score (nSPS) is 14.2. The van der Waals surface area contributed by atoms with Gasteiger partial charge in [0.2, 0.25) is 23.6 Å². The van der Waals surface area contributed by atoms with Crippen LogP contribution in [0.25, 0.3) is 0 Å². The molecule has 1 aromatic rings. The molecule has 4 unspecified atom stereocenters. The van der Waals surface area contributed by atoms with Crippen LogP contribution in [0, 0.1) is 5.92 Å². The van der Waals surface area contributed by atoms with E-state index < -0.39 is 59.7 Å². The number of hydrogen-bond donors (Lipinski definition) is 7. The van der Waals surface area contributed by atoms with Crippen molar-refractivity contribution in [1.82, 2.24) is 16.0 Å². The van der Waals surface area contributed by atoms with Crippen LogP contribution < -0.4 is 33.2 Å². The number of carbonyl (C=O) groups is 5. The Morgan fingerprint density at radius 1 is 0.865 bits per heavy atom. The standard InChI is InChI=1S/C25H40N6O6/c1-15(2)21(25(36)37)31-24(35)19(14-16-8-4-3-5-9-16)30-23(34)18(11-12-20(28)32)29-22(33)17(27)10-6-7-13-26/h3-5,8-9,15,17-19,21H,6-7,10-14,26-27H2,1-2H3,(H2,28,32)(H,29,33)(H,30,34)(H,31,35)(H,36,37). The summed E-state index contributed by atoms with van der Waals surface area (Å²) in [6, 6.07) is 4.45. The lowest BCUT2D eigenvalue weighted by atomic mass is 10.0. The molecule has 0 aliphatic carbocycles. The molecule has 10 N–H and O–H groups in total. The smallest absolute Gasteiger partial charge is 0.326 e. The monoisotopic (exact) mass is 520 g/mol. The SMILES string of the molecule is CC(C)C(NC(=O)C(Cc1ccccc1)NC(=O)C(CCC(N)=O)NC(=O)C(N)CCCCN)C(=O)O. The number of nitrogens with one attached hydrogen (secondary N) is 3. The van der Waals surface area contributed by atoms with Crippen molar-refractivity contribution in [2.75, 3.05) is 6.54 Å². The highest BCUT2D eigenvalue weighted by Gasteiger charge is 2.31. The van der Waals surface area contributed by atoms with Crippen molar-refractivity contribution in [3.63, 3.8) is 0 Å². The van der Waals surface area contributed by atoms with Crippen molar-refractivity contribution >= 4 is 29.6 Å². The van der Waals surface area contributed by atoms with Crippen LogP contribution in [0.4, 0.5) is 0 Å². The Hall–Kier alpha value is -3.51. The van der Waals surface area contributed by atoms with Gasteiger partial charge in [0.15, 0.2) is 0 Å². The summed E-state index contributed by atoms with van der Waals surface area (Å²) in [7, 11) is 0. The first kappa shape index (κ1) is 31.5. The maximum absolute atomic E-state index is 13.2. The summed E-state index contributed by atoms with van der Waals surface area (Å²) in [5, 5.41) is 17.1. The number of rotatable bonds is 17. The van der Waals surface area contributed by atoms with Gasteiger partial charge < -0.3 is 38.3 Å². The van der Waals surface area contributed by atoms with Crippen LogP contribution >= 0.6 is 0 Å². The summed E-state index contributed by atoms with van der Waals surface area (Å²) in [4.78, 5) is 61.8. The molecule has 37 heavy (non-hydrogen) atoms. The lowest BCUT2D eigenvalue weighted by Crippen LogP contribution is -2.58. The van der Waals surface area contributed by atoms with E-state index in [-0.39, 0.29) is 19.3 Å². The predicted molar refractivity (Wildman–Crippen MR) is 138 cm³/mol. The van der Waals surface area contributed by atoms with Crippen molar-refractivity contribution < 1.29 is 29.1 Å². The van der Waals surface area contributed by atoms with E-state index in [4.69, 9.17) is 17.2 Å². The summed E-state index contributed by atoms with van der Waals surface area (Å²) < 4.78 is 0. The van der Waals surface area contributed by atoms with Crippen LogP contribution in [0.2, 0.25) is 0 Å². The zero-order valence-electron chi connectivity index (χ0n) is 21.4. The molecule has 0 aliphatic heterocycles. The molecule has 0 bridgehead atoms. The summed E-state index contributed by atoms with van der Waals surface area (Å²) in [6.45, 7) is 3.76. The Labute approximate surface area is 217 Å². The van der Waals surface area contributed by atoms with Crippen molar-refractivity contribution in [1.29, 1.82) is 0 Å². The van der Waals surface area contributed by atoms with Gasteiger partial charge in [-0.2, -0.15) is 0 Å². The first-order valence-corrected chi connectivity index (χ1v) is 12.4. The molecular formula is C25H40N6O6. The van der Waals surface area contributed by atoms with Gasteiger partial charge in [-0.25, -0.2) is 4.79 Å². The first-order valence-electron chi connectivity index (χ1n) is 12.4. The summed E-state index contributed by atoms with van der Waals surface area (Å²) in [5.41, 5.74) is 17.4. The molecule has 0 saturated heterocycles. The van der Waals surface area contributed by atoms with Gasteiger partial charge in [0.1, 0.15) is 18.1 Å². The molecule has 1 aromatic carbocycles. The lowest BCUT2D eigenvalue weighted by molar-refractivity contribution is -0.143. The van der Waals surface area contributed by atoms with Gasteiger partial charge in [0.05, 0.1) is 6.04 Å². The van der Waals surface area contributed by atoms with Crippen LogP contribution in [0.1, 0.15) is 51.5 Å². The van der Waals surface area contributed by atoms with Gasteiger partial charge in [0.25, 0.3) is 0 Å². The minimum Gasteiger partial charge on any atom is -0.480 e. The van der Waals surface area contributed by atoms with E-state index in [2.05, 4.69) is 16.0 Å². The third-order valence-electron chi connectivity index (χ3n) is 5.76. The highest BCUT2D eigenvalue weighted by molar-refractivity contribution is 5.94. The Kier molecular flexibility index (Phi) is 13.9. The lowest BCUT2D eigenvalue weighted by Gasteiger charge is -2.26. The molecule has 0 heterocycles. The Morgan fingerprint density at radius 2 is 1.46 bits per heavy atom. The van der Waals surface area contributed by atoms with Gasteiger partial charge in [0, 0.05) is 12.8 Å². The molecule has 0 aliphatic rings. The Morgan fingerprint density at radius 3 is 2.00 bits per heavy atom. The van der Waals surface area contributed by atoms with Crippen molar-refractivity contribution in [3.8, 4) is 0 Å². The number of carbonyl (C=O) groups excluding carboxylic acids is 4. The molecule has 0 radical (unpaired) electrons. The highest BCUT2D eigenvalue weighted by atomic mass is 16.4. The van der Waals surface area contributed by atoms with Crippen molar-refractivity contribution in [2.24, 2.45) is 23.1 Å². The van der Waals surface area contributed by atoms with Gasteiger partial charge in [-0.05, 0) is 37.3 Å². The maximum atomic E-state index is 13.2. The zero-order valence-corrected chi connectivity index (χ0v) is 21.4. The predicted octanol–water partition coefficient (Wildman–Crippen LogP) is -0.854. The second-order valence-corrected chi connectivity index (χ2v) is 9.28. The molecule has 4 atom stereocenters. The van der Waals surface area contributed by atoms with E-state index in [1.54, 1.807) is 44.2 Å². The third kappa shape index (κ3) is 11.8. The molecule has 0 aromatic heterocycles. The second kappa shape index (κ2) is 16.3. The van der Waals surface area contributed by atoms with Crippen LogP contribution in [-0.4, -0.2) is 65.4 Å². The zero-order chi connectivity index (χ0) is 28.0. The van der Waals surface area contributed by atoms with Crippen LogP contribution in [0.15, 0.2) is 30.3 Å². The first-order chi connectivity index (χ1) is 17.5. The van der Waals surface area contributed by atoms with E-state index in [9.17, 15) is 29.1 Å². The maximum Gasteiger partial charge on any atom is 0.326 e. The van der Waals surface area contributed by atoms with E-state index in [0.29, 0.717) is 25.8 Å². The Bertz CT molecular complexity index is 910. The fourth-order valence-electron chi connectivity index (χ4n) is 3.57. The molecule has 0 saturated carbocycles. The number of nitrogens with two attached hydrogens (primary N) is 3. The quantitative estimate of drug-likeness (QED) is 0.128. The summed E-state index contributed by atoms with van der Waals surface area (Å²) in [5.74, 6) is -4.29. The molecule has 12 heteroatoms. The minimum absolute atomic E-state index is 0.0674. The number of carboxylic acids is 1. The van der Waals surface area contributed by atoms with Crippen molar-refractivity contribution in [2.45, 2.75) is 76.5 Å². The largest absolute Gasteiger partial charge is 0.480 e. The highest BCUT2D eigenvalue weighted by Crippen LogP contribution is 2.08. The summed E-state index contributed by atoms with van der Waals surface area (Å²) in [6.07, 6.45) is 1.45. The molecule has 206 valence electrons. The molecule has 0 spiro atoms. The fraction of sp³-hybridized carbons (Fsp3) is 0.560. The van der Waals surface area contributed by atoms with Gasteiger partial charge in [-0.15, -0.1) is 0 Å². The number of aliphatic carboxylic acids is 1. The van der Waals surface area contributed by atoms with Crippen LogP contribution in [-0.2, 0) is 30.4 Å². The Balaban J connectivity index is 3.09.